The monoisotopic (exact) mass is 326 g/mol. The Hall–Kier alpha value is -1.81. The van der Waals surface area contributed by atoms with Crippen molar-refractivity contribution in [3.05, 3.63) is 41.9 Å². The Balaban J connectivity index is 0.00000100. The Morgan fingerprint density at radius 2 is 1.75 bits per heavy atom. The number of rotatable bonds is 3. The second kappa shape index (κ2) is 8.88. The molecular formula is C20H30N4. The predicted molar refractivity (Wildman–Crippen MR) is 100 cm³/mol. The number of aryl methyl sites for hydroxylation is 1. The molecule has 1 fully saturated rings. The molecule has 0 atom stereocenters. The van der Waals surface area contributed by atoms with Gasteiger partial charge in [0.25, 0.3) is 0 Å². The van der Waals surface area contributed by atoms with Crippen molar-refractivity contribution in [1.29, 1.82) is 0 Å². The molecule has 130 valence electrons. The van der Waals surface area contributed by atoms with Crippen molar-refractivity contribution in [2.45, 2.75) is 59.4 Å². The summed E-state index contributed by atoms with van der Waals surface area (Å²) in [6, 6.07) is 8.91. The van der Waals surface area contributed by atoms with Crippen LogP contribution in [-0.4, -0.2) is 39.2 Å². The third-order valence-electron chi connectivity index (χ3n) is 4.56. The van der Waals surface area contributed by atoms with Crippen LogP contribution in [-0.2, 0) is 0 Å². The van der Waals surface area contributed by atoms with E-state index in [0.717, 1.165) is 35.7 Å². The largest absolute Gasteiger partial charge is 0.301 e. The molecule has 2 aromatic rings. The summed E-state index contributed by atoms with van der Waals surface area (Å²) in [5.41, 5.74) is 4.15. The number of nitrogens with zero attached hydrogens (tertiary/aromatic N) is 4. The van der Waals surface area contributed by atoms with Gasteiger partial charge in [-0.15, -0.1) is 0 Å². The van der Waals surface area contributed by atoms with E-state index in [9.17, 15) is 0 Å². The maximum Gasteiger partial charge on any atom is 0.0931 e. The molecule has 3 rings (SSSR count). The normalized spacial score (nSPS) is 15.9. The lowest BCUT2D eigenvalue weighted by molar-refractivity contribution is 0.170. The molecule has 3 heterocycles. The molecule has 0 aliphatic carbocycles. The molecule has 0 N–H and O–H groups in total. The first-order valence-electron chi connectivity index (χ1n) is 9.14. The minimum Gasteiger partial charge on any atom is -0.301 e. The summed E-state index contributed by atoms with van der Waals surface area (Å²) in [5.74, 6) is 0.552. The molecule has 0 aromatic carbocycles. The first-order valence-corrected chi connectivity index (χ1v) is 9.14. The van der Waals surface area contributed by atoms with Gasteiger partial charge in [-0.05, 0) is 71.0 Å². The third-order valence-corrected chi connectivity index (χ3v) is 4.56. The van der Waals surface area contributed by atoms with Gasteiger partial charge in [-0.2, -0.15) is 10.2 Å². The summed E-state index contributed by atoms with van der Waals surface area (Å²) >= 11 is 0. The van der Waals surface area contributed by atoms with E-state index >= 15 is 0 Å². The molecule has 1 saturated heterocycles. The van der Waals surface area contributed by atoms with Crippen molar-refractivity contribution in [2.24, 2.45) is 0 Å². The number of aromatic nitrogens is 3. The standard InChI is InChI=1S/C18H24N4.C2H6/c1-13(2)22-10-7-15(8-11-22)17-4-5-18(21-20-17)16-6-9-19-14(3)12-16;1-2/h4-6,9,12-13,15H,7-8,10-11H2,1-3H3;1-2H3. The fraction of sp³-hybridized carbons (Fsp3) is 0.550. The second-order valence-electron chi connectivity index (χ2n) is 6.43. The predicted octanol–water partition coefficient (Wildman–Crippen LogP) is 4.46. The number of likely N-dealkylation sites (tertiary alicyclic amines) is 1. The number of piperidine rings is 1. The summed E-state index contributed by atoms with van der Waals surface area (Å²) in [6.45, 7) is 12.9. The Morgan fingerprint density at radius 1 is 1.04 bits per heavy atom. The highest BCUT2D eigenvalue weighted by Gasteiger charge is 2.23. The second-order valence-corrected chi connectivity index (χ2v) is 6.43. The van der Waals surface area contributed by atoms with Gasteiger partial charge in [-0.25, -0.2) is 0 Å². The topological polar surface area (TPSA) is 41.9 Å². The molecule has 0 bridgehead atoms. The SMILES string of the molecule is CC.Cc1cc(-c2ccc(C3CCN(C(C)C)CC3)nn2)ccn1. The van der Waals surface area contributed by atoms with Crippen LogP contribution in [0.1, 0.15) is 57.8 Å². The van der Waals surface area contributed by atoms with Crippen LogP contribution in [0.15, 0.2) is 30.5 Å². The number of hydrogen-bond donors (Lipinski definition) is 0. The lowest BCUT2D eigenvalue weighted by Gasteiger charge is -2.34. The van der Waals surface area contributed by atoms with Crippen molar-refractivity contribution in [2.75, 3.05) is 13.1 Å². The highest BCUT2D eigenvalue weighted by atomic mass is 15.2. The molecule has 1 aliphatic heterocycles. The molecule has 0 amide bonds. The summed E-state index contributed by atoms with van der Waals surface area (Å²) in [4.78, 5) is 6.76. The first-order chi connectivity index (χ1) is 11.6. The Labute approximate surface area is 146 Å². The molecule has 1 aliphatic rings. The molecular weight excluding hydrogens is 296 g/mol. The third kappa shape index (κ3) is 4.60. The molecule has 4 nitrogen and oxygen atoms in total. The lowest BCUT2D eigenvalue weighted by atomic mass is 9.92. The van der Waals surface area contributed by atoms with Gasteiger partial charge in [0, 0.05) is 29.4 Å². The fourth-order valence-electron chi connectivity index (χ4n) is 3.13. The molecule has 0 spiro atoms. The van der Waals surface area contributed by atoms with E-state index < -0.39 is 0 Å². The van der Waals surface area contributed by atoms with E-state index in [4.69, 9.17) is 0 Å². The van der Waals surface area contributed by atoms with E-state index in [2.05, 4.69) is 46.1 Å². The van der Waals surface area contributed by atoms with Crippen LogP contribution >= 0.6 is 0 Å². The maximum absolute atomic E-state index is 4.49. The average Bonchev–Trinajstić information content (AvgIpc) is 2.64. The van der Waals surface area contributed by atoms with Crippen LogP contribution in [0.2, 0.25) is 0 Å². The summed E-state index contributed by atoms with van der Waals surface area (Å²) in [6.07, 6.45) is 4.18. The van der Waals surface area contributed by atoms with Gasteiger partial charge in [0.2, 0.25) is 0 Å². The number of hydrogen-bond acceptors (Lipinski definition) is 4. The minimum absolute atomic E-state index is 0.552. The molecule has 0 unspecified atom stereocenters. The van der Waals surface area contributed by atoms with Gasteiger partial charge >= 0.3 is 0 Å². The molecule has 0 radical (unpaired) electrons. The quantitative estimate of drug-likeness (QED) is 0.835. The van der Waals surface area contributed by atoms with Gasteiger partial charge in [-0.3, -0.25) is 4.98 Å². The zero-order chi connectivity index (χ0) is 17.5. The van der Waals surface area contributed by atoms with Crippen molar-refractivity contribution in [3.8, 4) is 11.3 Å². The molecule has 4 heteroatoms. The summed E-state index contributed by atoms with van der Waals surface area (Å²) in [7, 11) is 0. The van der Waals surface area contributed by atoms with E-state index in [1.807, 2.05) is 39.1 Å². The van der Waals surface area contributed by atoms with E-state index in [1.54, 1.807) is 0 Å². The summed E-state index contributed by atoms with van der Waals surface area (Å²) in [5, 5.41) is 8.92. The zero-order valence-electron chi connectivity index (χ0n) is 15.7. The Kier molecular flexibility index (Phi) is 6.85. The molecule has 0 saturated carbocycles. The Morgan fingerprint density at radius 3 is 2.29 bits per heavy atom. The minimum atomic E-state index is 0.552. The van der Waals surface area contributed by atoms with Gasteiger partial charge in [-0.1, -0.05) is 13.8 Å². The average molecular weight is 326 g/mol. The highest BCUT2D eigenvalue weighted by Crippen LogP contribution is 2.28. The van der Waals surface area contributed by atoms with Crippen LogP contribution in [0, 0.1) is 6.92 Å². The van der Waals surface area contributed by atoms with Gasteiger partial charge in [0.15, 0.2) is 0 Å². The van der Waals surface area contributed by atoms with Crippen LogP contribution < -0.4 is 0 Å². The fourth-order valence-corrected chi connectivity index (χ4v) is 3.13. The molecule has 24 heavy (non-hydrogen) atoms. The lowest BCUT2D eigenvalue weighted by Crippen LogP contribution is -2.38. The summed E-state index contributed by atoms with van der Waals surface area (Å²) < 4.78 is 0. The zero-order valence-corrected chi connectivity index (χ0v) is 15.7. The van der Waals surface area contributed by atoms with E-state index in [-0.39, 0.29) is 0 Å². The van der Waals surface area contributed by atoms with E-state index in [0.29, 0.717) is 12.0 Å². The van der Waals surface area contributed by atoms with Gasteiger partial charge in [0.1, 0.15) is 0 Å². The van der Waals surface area contributed by atoms with Crippen LogP contribution in [0.5, 0.6) is 0 Å². The smallest absolute Gasteiger partial charge is 0.0931 e. The van der Waals surface area contributed by atoms with Crippen molar-refractivity contribution < 1.29 is 0 Å². The van der Waals surface area contributed by atoms with Crippen LogP contribution in [0.4, 0.5) is 0 Å². The van der Waals surface area contributed by atoms with Crippen molar-refractivity contribution >= 4 is 0 Å². The maximum atomic E-state index is 4.49. The van der Waals surface area contributed by atoms with Crippen molar-refractivity contribution in [1.82, 2.24) is 20.1 Å². The van der Waals surface area contributed by atoms with Gasteiger partial charge < -0.3 is 4.90 Å². The molecule has 2 aromatic heterocycles. The number of pyridine rings is 1. The van der Waals surface area contributed by atoms with Gasteiger partial charge in [0.05, 0.1) is 11.4 Å². The van der Waals surface area contributed by atoms with Crippen LogP contribution in [0.3, 0.4) is 0 Å². The van der Waals surface area contributed by atoms with E-state index in [1.165, 1.54) is 12.8 Å². The highest BCUT2D eigenvalue weighted by molar-refractivity contribution is 5.58. The van der Waals surface area contributed by atoms with Crippen LogP contribution in [0.25, 0.3) is 11.3 Å². The first kappa shape index (κ1) is 18.5. The van der Waals surface area contributed by atoms with Crippen molar-refractivity contribution in [3.63, 3.8) is 0 Å². The Bertz CT molecular complexity index is 614.